The zero-order chi connectivity index (χ0) is 12.8. The van der Waals surface area contributed by atoms with Gasteiger partial charge in [0.05, 0.1) is 13.2 Å². The number of nitrogens with zero attached hydrogens (tertiary/aromatic N) is 1. The van der Waals surface area contributed by atoms with Crippen LogP contribution in [0.15, 0.2) is 34.8 Å². The predicted molar refractivity (Wildman–Crippen MR) is 68.8 cm³/mol. The van der Waals surface area contributed by atoms with Gasteiger partial charge in [-0.25, -0.2) is 0 Å². The van der Waals surface area contributed by atoms with Crippen LogP contribution >= 0.6 is 0 Å². The van der Waals surface area contributed by atoms with Crippen molar-refractivity contribution in [1.82, 2.24) is 4.57 Å². The van der Waals surface area contributed by atoms with E-state index in [9.17, 15) is 9.59 Å². The number of rotatable bonds is 4. The molecular weight excluding hydrogens is 230 g/mol. The summed E-state index contributed by atoms with van der Waals surface area (Å²) in [5.41, 5.74) is 1.80. The minimum atomic E-state index is -0.0638. The third-order valence-electron chi connectivity index (χ3n) is 3.08. The zero-order valence-corrected chi connectivity index (χ0v) is 10.3. The molecule has 0 radical (unpaired) electrons. The minimum absolute atomic E-state index is 0.0638. The summed E-state index contributed by atoms with van der Waals surface area (Å²) in [7, 11) is 0. The molecule has 0 saturated heterocycles. The normalized spacial score (nSPS) is 15.9. The lowest BCUT2D eigenvalue weighted by atomic mass is 10.1. The molecule has 0 spiro atoms. The van der Waals surface area contributed by atoms with Crippen LogP contribution in [0.2, 0.25) is 0 Å². The molecule has 96 valence electrons. The Bertz CT molecular complexity index is 502. The number of aryl methyl sites for hydroxylation is 1. The van der Waals surface area contributed by atoms with Crippen LogP contribution in [0.25, 0.3) is 0 Å². The minimum Gasteiger partial charge on any atom is -0.381 e. The summed E-state index contributed by atoms with van der Waals surface area (Å²) >= 11 is 0. The quantitative estimate of drug-likeness (QED) is 0.602. The highest BCUT2D eigenvalue weighted by molar-refractivity contribution is 5.73. The molecule has 1 aliphatic heterocycles. The second-order valence-electron chi connectivity index (χ2n) is 4.38. The molecule has 4 heteroatoms. The van der Waals surface area contributed by atoms with Crippen molar-refractivity contribution in [1.29, 1.82) is 0 Å². The van der Waals surface area contributed by atoms with E-state index in [1.807, 2.05) is 0 Å². The molecule has 0 aromatic carbocycles. The molecule has 18 heavy (non-hydrogen) atoms. The number of aromatic nitrogens is 1. The van der Waals surface area contributed by atoms with E-state index in [2.05, 4.69) is 6.08 Å². The summed E-state index contributed by atoms with van der Waals surface area (Å²) in [5, 5.41) is 0. The first kappa shape index (κ1) is 12.8. The number of aldehydes is 1. The predicted octanol–water partition coefficient (Wildman–Crippen LogP) is 1.79. The summed E-state index contributed by atoms with van der Waals surface area (Å²) in [5.74, 6) is 0. The topological polar surface area (TPSA) is 48.3 Å². The first-order valence-corrected chi connectivity index (χ1v) is 6.21. The Kier molecular flexibility index (Phi) is 4.47. The van der Waals surface area contributed by atoms with Gasteiger partial charge in [-0.2, -0.15) is 0 Å². The van der Waals surface area contributed by atoms with Gasteiger partial charge in [-0.05, 0) is 25.3 Å². The van der Waals surface area contributed by atoms with Crippen molar-refractivity contribution >= 4 is 6.29 Å². The lowest BCUT2D eigenvalue weighted by Crippen LogP contribution is -2.19. The highest BCUT2D eigenvalue weighted by Crippen LogP contribution is 2.13. The Hall–Kier alpha value is -1.68. The highest BCUT2D eigenvalue weighted by Gasteiger charge is 2.04. The van der Waals surface area contributed by atoms with Gasteiger partial charge in [-0.3, -0.25) is 9.59 Å². The molecule has 0 unspecified atom stereocenters. The molecule has 0 fully saturated rings. The van der Waals surface area contributed by atoms with E-state index < -0.39 is 0 Å². The molecule has 0 bridgehead atoms. The van der Waals surface area contributed by atoms with Crippen LogP contribution in [0.1, 0.15) is 29.6 Å². The standard InChI is InChI=1S/C14H17NO3/c16-11-13-3-4-14(17)15(10-13)7-5-12-2-1-8-18-9-6-12/h2-4,10-11H,1,5-9H2. The van der Waals surface area contributed by atoms with Crippen molar-refractivity contribution in [2.24, 2.45) is 0 Å². The number of carbonyl (C=O) groups excluding carboxylic acids is 1. The maximum Gasteiger partial charge on any atom is 0.250 e. The molecular formula is C14H17NO3. The van der Waals surface area contributed by atoms with Gasteiger partial charge >= 0.3 is 0 Å². The van der Waals surface area contributed by atoms with Gasteiger partial charge in [0.25, 0.3) is 5.56 Å². The van der Waals surface area contributed by atoms with Crippen LogP contribution in [0, 0.1) is 0 Å². The lowest BCUT2D eigenvalue weighted by molar-refractivity contribution is 0.112. The van der Waals surface area contributed by atoms with E-state index in [0.717, 1.165) is 38.8 Å². The summed E-state index contributed by atoms with van der Waals surface area (Å²) in [6.45, 7) is 2.16. The Labute approximate surface area is 106 Å². The third-order valence-corrected chi connectivity index (χ3v) is 3.08. The number of hydrogen-bond donors (Lipinski definition) is 0. The van der Waals surface area contributed by atoms with Crippen molar-refractivity contribution in [2.45, 2.75) is 25.8 Å². The number of carbonyl (C=O) groups is 1. The van der Waals surface area contributed by atoms with E-state index in [-0.39, 0.29) is 5.56 Å². The highest BCUT2D eigenvalue weighted by atomic mass is 16.5. The number of hydrogen-bond acceptors (Lipinski definition) is 3. The smallest absolute Gasteiger partial charge is 0.250 e. The van der Waals surface area contributed by atoms with Crippen molar-refractivity contribution in [3.63, 3.8) is 0 Å². The van der Waals surface area contributed by atoms with Gasteiger partial charge in [-0.1, -0.05) is 11.6 Å². The lowest BCUT2D eigenvalue weighted by Gasteiger charge is -2.08. The van der Waals surface area contributed by atoms with E-state index in [1.165, 1.54) is 11.6 Å². The SMILES string of the molecule is O=Cc1ccc(=O)n(CCC2=CCCOCC2)c1. The van der Waals surface area contributed by atoms with Crippen LogP contribution in [0.5, 0.6) is 0 Å². The third kappa shape index (κ3) is 3.40. The van der Waals surface area contributed by atoms with Crippen LogP contribution in [-0.2, 0) is 11.3 Å². The molecule has 0 amide bonds. The van der Waals surface area contributed by atoms with Gasteiger partial charge in [0.2, 0.25) is 0 Å². The summed E-state index contributed by atoms with van der Waals surface area (Å²) in [6.07, 6.45) is 7.28. The summed E-state index contributed by atoms with van der Waals surface area (Å²) < 4.78 is 6.96. The molecule has 4 nitrogen and oxygen atoms in total. The Morgan fingerprint density at radius 1 is 1.33 bits per heavy atom. The fourth-order valence-electron chi connectivity index (χ4n) is 2.04. The van der Waals surface area contributed by atoms with Crippen LogP contribution < -0.4 is 5.56 Å². The molecule has 0 aliphatic carbocycles. The fraction of sp³-hybridized carbons (Fsp3) is 0.429. The van der Waals surface area contributed by atoms with E-state index in [0.29, 0.717) is 12.1 Å². The van der Waals surface area contributed by atoms with Crippen molar-refractivity contribution in [2.75, 3.05) is 13.2 Å². The first-order chi connectivity index (χ1) is 8.79. The second-order valence-corrected chi connectivity index (χ2v) is 4.38. The second kappa shape index (κ2) is 6.31. The van der Waals surface area contributed by atoms with Crippen molar-refractivity contribution < 1.29 is 9.53 Å². The van der Waals surface area contributed by atoms with Crippen molar-refractivity contribution in [3.05, 3.63) is 45.9 Å². The number of pyridine rings is 1. The fourth-order valence-corrected chi connectivity index (χ4v) is 2.04. The monoisotopic (exact) mass is 247 g/mol. The summed E-state index contributed by atoms with van der Waals surface area (Å²) in [6, 6.07) is 2.99. The largest absolute Gasteiger partial charge is 0.381 e. The van der Waals surface area contributed by atoms with E-state index >= 15 is 0 Å². The van der Waals surface area contributed by atoms with Gasteiger partial charge < -0.3 is 9.30 Å². The molecule has 0 atom stereocenters. The zero-order valence-electron chi connectivity index (χ0n) is 10.3. The molecule has 2 heterocycles. The van der Waals surface area contributed by atoms with Crippen LogP contribution in [0.4, 0.5) is 0 Å². The van der Waals surface area contributed by atoms with Crippen LogP contribution in [-0.4, -0.2) is 24.1 Å². The average molecular weight is 247 g/mol. The average Bonchev–Trinajstić information content (AvgIpc) is 2.66. The van der Waals surface area contributed by atoms with Gasteiger partial charge in [0.1, 0.15) is 0 Å². The van der Waals surface area contributed by atoms with E-state index in [4.69, 9.17) is 4.74 Å². The Balaban J connectivity index is 2.03. The molecule has 1 aliphatic rings. The maximum atomic E-state index is 11.6. The molecule has 0 N–H and O–H groups in total. The maximum absolute atomic E-state index is 11.6. The molecule has 0 saturated carbocycles. The van der Waals surface area contributed by atoms with Crippen LogP contribution in [0.3, 0.4) is 0 Å². The Morgan fingerprint density at radius 2 is 2.22 bits per heavy atom. The first-order valence-electron chi connectivity index (χ1n) is 6.21. The Morgan fingerprint density at radius 3 is 3.06 bits per heavy atom. The molecule has 1 aromatic rings. The molecule has 1 aromatic heterocycles. The number of ether oxygens (including phenoxy) is 1. The van der Waals surface area contributed by atoms with Gasteiger partial charge in [0.15, 0.2) is 6.29 Å². The van der Waals surface area contributed by atoms with Crippen molar-refractivity contribution in [3.8, 4) is 0 Å². The summed E-state index contributed by atoms with van der Waals surface area (Å²) in [4.78, 5) is 22.3. The molecule has 2 rings (SSSR count). The van der Waals surface area contributed by atoms with Gasteiger partial charge in [-0.15, -0.1) is 0 Å². The van der Waals surface area contributed by atoms with Gasteiger partial charge in [0, 0.05) is 24.4 Å². The van der Waals surface area contributed by atoms with E-state index in [1.54, 1.807) is 16.8 Å².